The Balaban J connectivity index is 3.32. The van der Waals surface area contributed by atoms with E-state index in [1.165, 1.54) is 0 Å². The highest BCUT2D eigenvalue weighted by Gasteiger charge is 2.05. The number of hydrogen-bond donors (Lipinski definition) is 2. The molecule has 1 aromatic heterocycles. The van der Waals surface area contributed by atoms with Gasteiger partial charge in [0, 0.05) is 5.92 Å². The molecular formula is C6H9N3O2. The van der Waals surface area contributed by atoms with Gasteiger partial charge < -0.3 is 0 Å². The lowest BCUT2D eigenvalue weighted by atomic mass is 10.1. The molecule has 0 unspecified atom stereocenters. The molecule has 0 fully saturated rings. The van der Waals surface area contributed by atoms with E-state index in [1.807, 2.05) is 13.8 Å². The number of aromatic amines is 2. The molecule has 1 rings (SSSR count). The smallest absolute Gasteiger partial charge is 0.271 e. The number of H-pyrrole nitrogens is 2. The van der Waals surface area contributed by atoms with Crippen LogP contribution in [0, 0.1) is 0 Å². The minimum absolute atomic E-state index is 0.0237. The minimum atomic E-state index is -0.570. The van der Waals surface area contributed by atoms with Gasteiger partial charge in [-0.05, 0) is 0 Å². The van der Waals surface area contributed by atoms with Crippen LogP contribution < -0.4 is 11.2 Å². The Hall–Kier alpha value is -1.39. The van der Waals surface area contributed by atoms with Gasteiger partial charge in [0.2, 0.25) is 0 Å². The second-order valence-electron chi connectivity index (χ2n) is 2.55. The van der Waals surface area contributed by atoms with Crippen molar-refractivity contribution < 1.29 is 0 Å². The van der Waals surface area contributed by atoms with Crippen LogP contribution in [-0.4, -0.2) is 15.2 Å². The van der Waals surface area contributed by atoms with Crippen molar-refractivity contribution in [1.82, 2.24) is 15.2 Å². The van der Waals surface area contributed by atoms with Crippen molar-refractivity contribution in [3.63, 3.8) is 0 Å². The van der Waals surface area contributed by atoms with Crippen LogP contribution in [-0.2, 0) is 0 Å². The van der Waals surface area contributed by atoms with Crippen molar-refractivity contribution in [2.24, 2.45) is 0 Å². The highest BCUT2D eigenvalue weighted by atomic mass is 16.2. The van der Waals surface area contributed by atoms with E-state index < -0.39 is 11.2 Å². The number of nitrogens with zero attached hydrogens (tertiary/aromatic N) is 1. The summed E-state index contributed by atoms with van der Waals surface area (Å²) in [6, 6.07) is 0. The summed E-state index contributed by atoms with van der Waals surface area (Å²) in [7, 11) is 0. The largest absolute Gasteiger partial charge is 0.342 e. The third-order valence-corrected chi connectivity index (χ3v) is 1.28. The summed E-state index contributed by atoms with van der Waals surface area (Å²) in [5.74, 6) is 0.0237. The second kappa shape index (κ2) is 2.69. The lowest BCUT2D eigenvalue weighted by Crippen LogP contribution is -2.27. The quantitative estimate of drug-likeness (QED) is 0.578. The average Bonchev–Trinajstić information content (AvgIpc) is 1.85. The standard InChI is InChI=1S/C6H9N3O2/c1-3(2)4-5(10)7-6(11)9-8-4/h3H,1-2H3,(H2,7,9,10,11). The van der Waals surface area contributed by atoms with Crippen LogP contribution in [0.25, 0.3) is 0 Å². The van der Waals surface area contributed by atoms with Crippen molar-refractivity contribution >= 4 is 0 Å². The number of hydrogen-bond acceptors (Lipinski definition) is 3. The van der Waals surface area contributed by atoms with E-state index in [4.69, 9.17) is 0 Å². The fourth-order valence-corrected chi connectivity index (χ4v) is 0.748. The Labute approximate surface area is 62.5 Å². The summed E-state index contributed by atoms with van der Waals surface area (Å²) in [6.45, 7) is 3.66. The molecule has 0 bridgehead atoms. The predicted molar refractivity (Wildman–Crippen MR) is 39.6 cm³/mol. The lowest BCUT2D eigenvalue weighted by molar-refractivity contribution is 0.734. The van der Waals surface area contributed by atoms with Crippen molar-refractivity contribution in [3.8, 4) is 0 Å². The Kier molecular flexibility index (Phi) is 1.89. The topological polar surface area (TPSA) is 78.6 Å². The van der Waals surface area contributed by atoms with Gasteiger partial charge in [-0.25, -0.2) is 9.89 Å². The molecule has 0 atom stereocenters. The second-order valence-corrected chi connectivity index (χ2v) is 2.55. The molecule has 0 aliphatic heterocycles. The molecule has 1 heterocycles. The Morgan fingerprint density at radius 3 is 2.45 bits per heavy atom. The minimum Gasteiger partial charge on any atom is -0.271 e. The van der Waals surface area contributed by atoms with E-state index >= 15 is 0 Å². The maximum atomic E-state index is 10.9. The summed E-state index contributed by atoms with van der Waals surface area (Å²) in [5, 5.41) is 5.76. The molecule has 0 aliphatic rings. The highest BCUT2D eigenvalue weighted by molar-refractivity contribution is 4.97. The number of aromatic nitrogens is 3. The lowest BCUT2D eigenvalue weighted by Gasteiger charge is -1.98. The molecule has 0 saturated carbocycles. The van der Waals surface area contributed by atoms with Gasteiger partial charge in [-0.3, -0.25) is 9.78 Å². The highest BCUT2D eigenvalue weighted by Crippen LogP contribution is 2.01. The third kappa shape index (κ3) is 1.54. The zero-order valence-electron chi connectivity index (χ0n) is 6.34. The van der Waals surface area contributed by atoms with Gasteiger partial charge in [-0.15, -0.1) is 0 Å². The molecule has 1 aromatic rings. The molecule has 0 aliphatic carbocycles. The number of nitrogens with one attached hydrogen (secondary N) is 2. The van der Waals surface area contributed by atoms with Crippen LogP contribution in [0.5, 0.6) is 0 Å². The molecule has 5 nitrogen and oxygen atoms in total. The fourth-order valence-electron chi connectivity index (χ4n) is 0.748. The summed E-state index contributed by atoms with van der Waals surface area (Å²) < 4.78 is 0. The first-order chi connectivity index (χ1) is 5.11. The Bertz CT molecular complexity index is 349. The first kappa shape index (κ1) is 7.71. The first-order valence-electron chi connectivity index (χ1n) is 3.30. The molecular weight excluding hydrogens is 146 g/mol. The van der Waals surface area contributed by atoms with E-state index in [0.717, 1.165) is 0 Å². The van der Waals surface area contributed by atoms with Crippen LogP contribution in [0.2, 0.25) is 0 Å². The van der Waals surface area contributed by atoms with Gasteiger partial charge in [0.15, 0.2) is 0 Å². The molecule has 2 N–H and O–H groups in total. The first-order valence-corrected chi connectivity index (χ1v) is 3.30. The van der Waals surface area contributed by atoms with Crippen LogP contribution in [0.4, 0.5) is 0 Å². The van der Waals surface area contributed by atoms with Gasteiger partial charge in [-0.2, -0.15) is 5.10 Å². The molecule has 0 saturated heterocycles. The summed E-state index contributed by atoms with van der Waals surface area (Å²) in [4.78, 5) is 23.5. The monoisotopic (exact) mass is 155 g/mol. The molecule has 0 radical (unpaired) electrons. The Morgan fingerprint density at radius 2 is 2.00 bits per heavy atom. The van der Waals surface area contributed by atoms with Crippen LogP contribution in [0.1, 0.15) is 25.5 Å². The SMILES string of the molecule is CC(C)c1n[nH]c(=O)[nH]c1=O. The van der Waals surface area contributed by atoms with Gasteiger partial charge in [0.25, 0.3) is 5.56 Å². The van der Waals surface area contributed by atoms with Crippen molar-refractivity contribution in [1.29, 1.82) is 0 Å². The summed E-state index contributed by atoms with van der Waals surface area (Å²) >= 11 is 0. The third-order valence-electron chi connectivity index (χ3n) is 1.28. The van der Waals surface area contributed by atoms with E-state index in [-0.39, 0.29) is 5.92 Å². The normalized spacial score (nSPS) is 10.5. The molecule has 11 heavy (non-hydrogen) atoms. The van der Waals surface area contributed by atoms with Gasteiger partial charge in [0.1, 0.15) is 5.69 Å². The maximum absolute atomic E-state index is 10.9. The molecule has 60 valence electrons. The Morgan fingerprint density at radius 1 is 1.36 bits per heavy atom. The van der Waals surface area contributed by atoms with E-state index in [0.29, 0.717) is 5.69 Å². The summed E-state index contributed by atoms with van der Waals surface area (Å²) in [6.07, 6.45) is 0. The van der Waals surface area contributed by atoms with Gasteiger partial charge in [-0.1, -0.05) is 13.8 Å². The molecule has 0 spiro atoms. The van der Waals surface area contributed by atoms with E-state index in [9.17, 15) is 9.59 Å². The summed E-state index contributed by atoms with van der Waals surface area (Å²) in [5.41, 5.74) is -0.632. The van der Waals surface area contributed by atoms with Crippen molar-refractivity contribution in [2.75, 3.05) is 0 Å². The average molecular weight is 155 g/mol. The van der Waals surface area contributed by atoms with E-state index in [1.54, 1.807) is 0 Å². The zero-order valence-corrected chi connectivity index (χ0v) is 6.34. The van der Waals surface area contributed by atoms with Crippen LogP contribution in [0.15, 0.2) is 9.59 Å². The fraction of sp³-hybridized carbons (Fsp3) is 0.500. The van der Waals surface area contributed by atoms with Gasteiger partial charge in [0.05, 0.1) is 0 Å². The van der Waals surface area contributed by atoms with Crippen LogP contribution >= 0.6 is 0 Å². The number of rotatable bonds is 1. The van der Waals surface area contributed by atoms with Crippen molar-refractivity contribution in [3.05, 3.63) is 26.5 Å². The van der Waals surface area contributed by atoms with Crippen molar-refractivity contribution in [2.45, 2.75) is 19.8 Å². The molecule has 5 heteroatoms. The maximum Gasteiger partial charge on any atom is 0.342 e. The zero-order chi connectivity index (χ0) is 8.43. The predicted octanol–water partition coefficient (Wildman–Crippen LogP) is -0.418. The van der Waals surface area contributed by atoms with Crippen LogP contribution in [0.3, 0.4) is 0 Å². The molecule has 0 aromatic carbocycles. The van der Waals surface area contributed by atoms with Gasteiger partial charge >= 0.3 is 5.69 Å². The van der Waals surface area contributed by atoms with E-state index in [2.05, 4.69) is 15.2 Å². The molecule has 0 amide bonds.